The normalized spacial score (nSPS) is 10.9. The predicted octanol–water partition coefficient (Wildman–Crippen LogP) is 4.98. The van der Waals surface area contributed by atoms with Crippen LogP contribution in [0.25, 0.3) is 22.3 Å². The number of benzene rings is 3. The maximum absolute atomic E-state index is 13.7. The highest BCUT2D eigenvalue weighted by atomic mass is 16.2. The van der Waals surface area contributed by atoms with Crippen LogP contribution in [0.5, 0.6) is 0 Å². The van der Waals surface area contributed by atoms with Gasteiger partial charge in [-0.3, -0.25) is 19.0 Å². The van der Waals surface area contributed by atoms with Gasteiger partial charge in [0.2, 0.25) is 11.8 Å². The zero-order valence-corrected chi connectivity index (χ0v) is 20.3. The molecule has 1 heterocycles. The molecule has 0 atom stereocenters. The fourth-order valence-electron chi connectivity index (χ4n) is 3.93. The molecule has 4 aromatic rings. The van der Waals surface area contributed by atoms with Crippen LogP contribution in [0.4, 0.5) is 11.4 Å². The molecule has 7 heteroatoms. The molecule has 35 heavy (non-hydrogen) atoms. The van der Waals surface area contributed by atoms with Crippen molar-refractivity contribution in [1.82, 2.24) is 9.55 Å². The zero-order valence-electron chi connectivity index (χ0n) is 20.3. The Hall–Kier alpha value is -4.26. The van der Waals surface area contributed by atoms with E-state index in [4.69, 9.17) is 0 Å². The molecule has 0 saturated carbocycles. The molecule has 1 aromatic heterocycles. The first-order valence-electron chi connectivity index (χ1n) is 11.5. The topological polar surface area (TPSA) is 93.1 Å². The number of hydrogen-bond donors (Lipinski definition) is 2. The highest BCUT2D eigenvalue weighted by molar-refractivity contribution is 5.96. The van der Waals surface area contributed by atoms with E-state index in [0.717, 1.165) is 16.7 Å². The van der Waals surface area contributed by atoms with Gasteiger partial charge in [-0.15, -0.1) is 0 Å². The van der Waals surface area contributed by atoms with E-state index in [1.165, 1.54) is 4.57 Å². The lowest BCUT2D eigenvalue weighted by atomic mass is 10.1. The SMILES string of the molecule is CCC(=O)Nc1ccc(C)cc1-c1nc2ccccc2n(CC(=O)Nc2cc(C)ccc2C)c1=O. The largest absolute Gasteiger partial charge is 0.325 e. The van der Waals surface area contributed by atoms with E-state index in [9.17, 15) is 14.4 Å². The van der Waals surface area contributed by atoms with Crippen LogP contribution in [0.1, 0.15) is 30.0 Å². The molecule has 0 bridgehead atoms. The monoisotopic (exact) mass is 468 g/mol. The molecule has 0 aliphatic rings. The standard InChI is InChI=1S/C28H28N4O3/c1-5-25(33)29-21-13-11-17(2)14-20(21)27-28(35)32(24-9-7-6-8-22(24)31-27)16-26(34)30-23-15-18(3)10-12-19(23)4/h6-15H,5,16H2,1-4H3,(H,29,33)(H,30,34). The maximum atomic E-state index is 13.7. The molecule has 0 saturated heterocycles. The van der Waals surface area contributed by atoms with Gasteiger partial charge in [-0.05, 0) is 62.2 Å². The highest BCUT2D eigenvalue weighted by Gasteiger charge is 2.19. The summed E-state index contributed by atoms with van der Waals surface area (Å²) in [5.74, 6) is -0.476. The summed E-state index contributed by atoms with van der Waals surface area (Å²) in [5.41, 5.74) is 5.54. The number of carbonyl (C=O) groups is 2. The first-order valence-corrected chi connectivity index (χ1v) is 11.5. The van der Waals surface area contributed by atoms with E-state index in [2.05, 4.69) is 15.6 Å². The quantitative estimate of drug-likeness (QED) is 0.418. The van der Waals surface area contributed by atoms with E-state index in [0.29, 0.717) is 34.4 Å². The summed E-state index contributed by atoms with van der Waals surface area (Å²) in [6.07, 6.45) is 0.307. The second-order valence-corrected chi connectivity index (χ2v) is 8.66. The molecule has 2 N–H and O–H groups in total. The average Bonchev–Trinajstić information content (AvgIpc) is 2.84. The van der Waals surface area contributed by atoms with Crippen molar-refractivity contribution in [3.05, 3.63) is 87.7 Å². The molecule has 2 amide bonds. The first-order chi connectivity index (χ1) is 16.8. The minimum Gasteiger partial charge on any atom is -0.325 e. The second kappa shape index (κ2) is 9.93. The summed E-state index contributed by atoms with van der Waals surface area (Å²) >= 11 is 0. The van der Waals surface area contributed by atoms with Crippen molar-refractivity contribution in [2.75, 3.05) is 10.6 Å². The number of amides is 2. The fourth-order valence-corrected chi connectivity index (χ4v) is 3.93. The van der Waals surface area contributed by atoms with E-state index in [1.54, 1.807) is 25.1 Å². The van der Waals surface area contributed by atoms with Crippen LogP contribution in [0.15, 0.2) is 65.5 Å². The van der Waals surface area contributed by atoms with Gasteiger partial charge in [-0.25, -0.2) is 4.98 Å². The molecule has 4 rings (SSSR count). The number of para-hydroxylation sites is 2. The van der Waals surface area contributed by atoms with Crippen molar-refractivity contribution >= 4 is 34.2 Å². The van der Waals surface area contributed by atoms with Gasteiger partial charge in [0.25, 0.3) is 5.56 Å². The minimum absolute atomic E-state index is 0.163. The van der Waals surface area contributed by atoms with E-state index >= 15 is 0 Å². The van der Waals surface area contributed by atoms with Gasteiger partial charge in [-0.2, -0.15) is 0 Å². The lowest BCUT2D eigenvalue weighted by Gasteiger charge is -2.16. The second-order valence-electron chi connectivity index (χ2n) is 8.66. The Morgan fingerprint density at radius 1 is 0.857 bits per heavy atom. The van der Waals surface area contributed by atoms with Crippen molar-refractivity contribution in [3.63, 3.8) is 0 Å². The van der Waals surface area contributed by atoms with Crippen LogP contribution in [0, 0.1) is 20.8 Å². The summed E-state index contributed by atoms with van der Waals surface area (Å²) in [4.78, 5) is 43.5. The molecule has 0 fully saturated rings. The van der Waals surface area contributed by atoms with Gasteiger partial charge in [0.05, 0.1) is 16.7 Å². The summed E-state index contributed by atoms with van der Waals surface area (Å²) in [5, 5.41) is 5.79. The fraction of sp³-hybridized carbons (Fsp3) is 0.214. The minimum atomic E-state index is -0.405. The van der Waals surface area contributed by atoms with Crippen LogP contribution in [-0.2, 0) is 16.1 Å². The molecule has 0 aliphatic heterocycles. The van der Waals surface area contributed by atoms with E-state index < -0.39 is 5.56 Å². The van der Waals surface area contributed by atoms with Crippen LogP contribution in [0.3, 0.4) is 0 Å². The Labute approximate surface area is 203 Å². The smallest absolute Gasteiger partial charge is 0.278 e. The summed E-state index contributed by atoms with van der Waals surface area (Å²) in [6, 6.07) is 18.5. The van der Waals surface area contributed by atoms with Gasteiger partial charge in [0.15, 0.2) is 0 Å². The third-order valence-electron chi connectivity index (χ3n) is 5.85. The third kappa shape index (κ3) is 5.14. The van der Waals surface area contributed by atoms with Crippen molar-refractivity contribution in [2.45, 2.75) is 40.7 Å². The van der Waals surface area contributed by atoms with Crippen LogP contribution in [-0.4, -0.2) is 21.4 Å². The van der Waals surface area contributed by atoms with Crippen molar-refractivity contribution in [2.24, 2.45) is 0 Å². The molecule has 3 aromatic carbocycles. The first kappa shape index (κ1) is 23.9. The molecule has 178 valence electrons. The van der Waals surface area contributed by atoms with Gasteiger partial charge < -0.3 is 10.6 Å². The number of nitrogens with one attached hydrogen (secondary N) is 2. The lowest BCUT2D eigenvalue weighted by Crippen LogP contribution is -2.30. The summed E-state index contributed by atoms with van der Waals surface area (Å²) < 4.78 is 1.44. The average molecular weight is 469 g/mol. The zero-order chi connectivity index (χ0) is 25.1. The molecule has 0 spiro atoms. The van der Waals surface area contributed by atoms with Crippen LogP contribution in [0.2, 0.25) is 0 Å². The van der Waals surface area contributed by atoms with Gasteiger partial charge >= 0.3 is 0 Å². The van der Waals surface area contributed by atoms with Crippen molar-refractivity contribution in [1.29, 1.82) is 0 Å². The van der Waals surface area contributed by atoms with Crippen LogP contribution < -0.4 is 16.2 Å². The number of fused-ring (bicyclic) bond motifs is 1. The van der Waals surface area contributed by atoms with Gasteiger partial charge in [0, 0.05) is 17.7 Å². The molecular weight excluding hydrogens is 440 g/mol. The maximum Gasteiger partial charge on any atom is 0.278 e. The molecule has 0 radical (unpaired) electrons. The number of hydrogen-bond acceptors (Lipinski definition) is 4. The molecule has 7 nitrogen and oxygen atoms in total. The Morgan fingerprint density at radius 2 is 1.54 bits per heavy atom. The van der Waals surface area contributed by atoms with Gasteiger partial charge in [-0.1, -0.05) is 42.8 Å². The number of aryl methyl sites for hydroxylation is 3. The summed E-state index contributed by atoms with van der Waals surface area (Å²) in [7, 11) is 0. The Bertz CT molecular complexity index is 1500. The third-order valence-corrected chi connectivity index (χ3v) is 5.85. The molecule has 0 aliphatic carbocycles. The predicted molar refractivity (Wildman–Crippen MR) is 140 cm³/mol. The van der Waals surface area contributed by atoms with Crippen molar-refractivity contribution in [3.8, 4) is 11.3 Å². The number of anilines is 2. The summed E-state index contributed by atoms with van der Waals surface area (Å²) in [6.45, 7) is 7.37. The van der Waals surface area contributed by atoms with Crippen molar-refractivity contribution < 1.29 is 9.59 Å². The van der Waals surface area contributed by atoms with Gasteiger partial charge in [0.1, 0.15) is 12.2 Å². The highest BCUT2D eigenvalue weighted by Crippen LogP contribution is 2.27. The molecular formula is C28H28N4O3. The number of aromatic nitrogens is 2. The number of nitrogens with zero attached hydrogens (tertiary/aromatic N) is 2. The Morgan fingerprint density at radius 3 is 2.31 bits per heavy atom. The lowest BCUT2D eigenvalue weighted by molar-refractivity contribution is -0.117. The number of rotatable bonds is 6. The Balaban J connectivity index is 1.82. The van der Waals surface area contributed by atoms with E-state index in [-0.39, 0.29) is 24.1 Å². The molecule has 0 unspecified atom stereocenters. The van der Waals surface area contributed by atoms with E-state index in [1.807, 2.05) is 63.2 Å². The van der Waals surface area contributed by atoms with Crippen LogP contribution >= 0.6 is 0 Å². The number of carbonyl (C=O) groups excluding carboxylic acids is 2. The Kier molecular flexibility index (Phi) is 6.78.